The highest BCUT2D eigenvalue weighted by molar-refractivity contribution is 7.09. The Kier molecular flexibility index (Phi) is 5.16. The molecule has 0 unspecified atom stereocenters. The van der Waals surface area contributed by atoms with Crippen LogP contribution in [0, 0.1) is 0 Å². The number of carboxylic acids is 1. The number of hydrogen-bond donors (Lipinski definition) is 1. The maximum Gasteiger partial charge on any atom is 0.339 e. The molecule has 2 aromatic rings. The van der Waals surface area contributed by atoms with Crippen LogP contribution in [0.25, 0.3) is 0 Å². The number of thiazole rings is 1. The van der Waals surface area contributed by atoms with E-state index in [1.165, 1.54) is 13.2 Å². The van der Waals surface area contributed by atoms with Gasteiger partial charge in [0.25, 0.3) is 0 Å². The van der Waals surface area contributed by atoms with E-state index in [1.807, 2.05) is 5.38 Å². The lowest BCUT2D eigenvalue weighted by molar-refractivity contribution is 0.0691. The number of hydrogen-bond acceptors (Lipinski definition) is 5. The van der Waals surface area contributed by atoms with E-state index in [9.17, 15) is 4.79 Å². The van der Waals surface area contributed by atoms with Crippen molar-refractivity contribution in [3.05, 3.63) is 39.8 Å². The van der Waals surface area contributed by atoms with Gasteiger partial charge in [0.1, 0.15) is 23.7 Å². The minimum absolute atomic E-state index is 0.111. The second kappa shape index (κ2) is 7.08. The largest absolute Gasteiger partial charge is 0.497 e. The molecule has 6 heteroatoms. The zero-order valence-electron chi connectivity index (χ0n) is 12.0. The van der Waals surface area contributed by atoms with Crippen molar-refractivity contribution in [2.45, 2.75) is 26.4 Å². The number of aryl methyl sites for hydroxylation is 1. The van der Waals surface area contributed by atoms with Gasteiger partial charge in [-0.1, -0.05) is 6.92 Å². The van der Waals surface area contributed by atoms with E-state index in [1.54, 1.807) is 23.5 Å². The third kappa shape index (κ3) is 3.95. The summed E-state index contributed by atoms with van der Waals surface area (Å²) in [5.74, 6) is -0.190. The van der Waals surface area contributed by atoms with Gasteiger partial charge in [-0.3, -0.25) is 0 Å². The molecule has 0 aliphatic carbocycles. The van der Waals surface area contributed by atoms with Crippen molar-refractivity contribution in [3.8, 4) is 11.5 Å². The van der Waals surface area contributed by atoms with Crippen molar-refractivity contribution in [3.63, 3.8) is 0 Å². The lowest BCUT2D eigenvalue weighted by atomic mass is 10.2. The number of rotatable bonds is 7. The molecule has 1 aromatic heterocycles. The molecule has 0 radical (unpaired) electrons. The van der Waals surface area contributed by atoms with Gasteiger partial charge < -0.3 is 14.6 Å². The Morgan fingerprint density at radius 2 is 2.24 bits per heavy atom. The molecule has 0 saturated heterocycles. The molecule has 1 heterocycles. The van der Waals surface area contributed by atoms with Crippen molar-refractivity contribution < 1.29 is 19.4 Å². The van der Waals surface area contributed by atoms with E-state index in [2.05, 4.69) is 11.9 Å². The maximum absolute atomic E-state index is 11.2. The second-order valence-corrected chi connectivity index (χ2v) is 5.38. The second-order valence-electron chi connectivity index (χ2n) is 4.44. The molecule has 0 aliphatic rings. The number of methoxy groups -OCH3 is 1. The van der Waals surface area contributed by atoms with Gasteiger partial charge in [-0.25, -0.2) is 9.78 Å². The van der Waals surface area contributed by atoms with Crippen LogP contribution in [-0.4, -0.2) is 23.2 Å². The molecule has 2 rings (SSSR count). The quantitative estimate of drug-likeness (QED) is 0.849. The first-order valence-electron chi connectivity index (χ1n) is 6.61. The van der Waals surface area contributed by atoms with Crippen molar-refractivity contribution in [2.75, 3.05) is 7.11 Å². The molecular formula is C15H17NO4S. The lowest BCUT2D eigenvalue weighted by Gasteiger charge is -2.09. The van der Waals surface area contributed by atoms with Gasteiger partial charge in [0.15, 0.2) is 0 Å². The first-order chi connectivity index (χ1) is 10.1. The van der Waals surface area contributed by atoms with Crippen LogP contribution in [0.1, 0.15) is 34.4 Å². The summed E-state index contributed by atoms with van der Waals surface area (Å²) in [7, 11) is 1.52. The predicted octanol–water partition coefficient (Wildman–Crippen LogP) is 3.38. The van der Waals surface area contributed by atoms with E-state index in [-0.39, 0.29) is 17.9 Å². The van der Waals surface area contributed by atoms with Crippen LogP contribution in [0.4, 0.5) is 0 Å². The third-order valence-electron chi connectivity index (χ3n) is 2.86. The van der Waals surface area contributed by atoms with E-state index in [0.717, 1.165) is 23.5 Å². The first-order valence-corrected chi connectivity index (χ1v) is 7.49. The number of ether oxygens (including phenoxy) is 2. The number of carboxylic acid groups (broad SMARTS) is 1. The summed E-state index contributed by atoms with van der Waals surface area (Å²) >= 11 is 1.60. The fourth-order valence-electron chi connectivity index (χ4n) is 1.82. The standard InChI is InChI=1S/C15H17NO4S/c1-3-4-14-16-10(9-21-14)8-20-13-7-11(19-2)5-6-12(13)15(17)18/h5-7,9H,3-4,8H2,1-2H3,(H,17,18). The van der Waals surface area contributed by atoms with E-state index in [4.69, 9.17) is 14.6 Å². The minimum atomic E-state index is -1.03. The van der Waals surface area contributed by atoms with Gasteiger partial charge in [-0.05, 0) is 25.0 Å². The summed E-state index contributed by atoms with van der Waals surface area (Å²) in [6.45, 7) is 2.35. The van der Waals surface area contributed by atoms with E-state index in [0.29, 0.717) is 5.75 Å². The highest BCUT2D eigenvalue weighted by Crippen LogP contribution is 2.26. The maximum atomic E-state index is 11.2. The lowest BCUT2D eigenvalue weighted by Crippen LogP contribution is -2.04. The van der Waals surface area contributed by atoms with Gasteiger partial charge in [0.05, 0.1) is 17.8 Å². The topological polar surface area (TPSA) is 68.7 Å². The summed E-state index contributed by atoms with van der Waals surface area (Å²) in [6, 6.07) is 4.64. The molecule has 1 aromatic carbocycles. The highest BCUT2D eigenvalue weighted by atomic mass is 32.1. The van der Waals surface area contributed by atoms with Gasteiger partial charge in [0.2, 0.25) is 0 Å². The zero-order chi connectivity index (χ0) is 15.2. The molecule has 1 N–H and O–H groups in total. The van der Waals surface area contributed by atoms with Crippen LogP contribution in [-0.2, 0) is 13.0 Å². The Morgan fingerprint density at radius 3 is 2.90 bits per heavy atom. The summed E-state index contributed by atoms with van der Waals surface area (Å²) in [5, 5.41) is 12.2. The molecule has 0 bridgehead atoms. The Morgan fingerprint density at radius 1 is 1.43 bits per heavy atom. The zero-order valence-corrected chi connectivity index (χ0v) is 12.8. The van der Waals surface area contributed by atoms with Crippen LogP contribution in [0.2, 0.25) is 0 Å². The molecule has 112 valence electrons. The summed E-state index contributed by atoms with van der Waals surface area (Å²) in [6.07, 6.45) is 2.00. The molecule has 0 amide bonds. The van der Waals surface area contributed by atoms with Crippen LogP contribution >= 0.6 is 11.3 Å². The number of benzene rings is 1. The smallest absolute Gasteiger partial charge is 0.339 e. The van der Waals surface area contributed by atoms with Crippen molar-refractivity contribution >= 4 is 17.3 Å². The summed E-state index contributed by atoms with van der Waals surface area (Å²) in [4.78, 5) is 15.6. The van der Waals surface area contributed by atoms with E-state index < -0.39 is 5.97 Å². The van der Waals surface area contributed by atoms with Gasteiger partial charge in [-0.2, -0.15) is 0 Å². The van der Waals surface area contributed by atoms with Gasteiger partial charge >= 0.3 is 5.97 Å². The predicted molar refractivity (Wildman–Crippen MR) is 80.4 cm³/mol. The Balaban J connectivity index is 2.12. The average Bonchev–Trinajstić information content (AvgIpc) is 2.92. The normalized spacial score (nSPS) is 10.4. The third-order valence-corrected chi connectivity index (χ3v) is 3.82. The molecule has 0 spiro atoms. The van der Waals surface area contributed by atoms with E-state index >= 15 is 0 Å². The first kappa shape index (κ1) is 15.3. The highest BCUT2D eigenvalue weighted by Gasteiger charge is 2.13. The average molecular weight is 307 g/mol. The fraction of sp³-hybridized carbons (Fsp3) is 0.333. The monoisotopic (exact) mass is 307 g/mol. The Bertz CT molecular complexity index is 624. The minimum Gasteiger partial charge on any atom is -0.497 e. The van der Waals surface area contributed by atoms with Crippen LogP contribution < -0.4 is 9.47 Å². The molecule has 5 nitrogen and oxygen atoms in total. The summed E-state index contributed by atoms with van der Waals surface area (Å²) in [5.41, 5.74) is 0.919. The van der Waals surface area contributed by atoms with Crippen LogP contribution in [0.15, 0.2) is 23.6 Å². The van der Waals surface area contributed by atoms with Crippen LogP contribution in [0.5, 0.6) is 11.5 Å². The molecular weight excluding hydrogens is 290 g/mol. The Labute approximate surface area is 127 Å². The molecule has 0 fully saturated rings. The van der Waals surface area contributed by atoms with Gasteiger partial charge in [-0.15, -0.1) is 11.3 Å². The molecule has 21 heavy (non-hydrogen) atoms. The van der Waals surface area contributed by atoms with Gasteiger partial charge in [0, 0.05) is 11.4 Å². The van der Waals surface area contributed by atoms with Crippen molar-refractivity contribution in [2.24, 2.45) is 0 Å². The molecule has 0 saturated carbocycles. The number of nitrogens with zero attached hydrogens (tertiary/aromatic N) is 1. The summed E-state index contributed by atoms with van der Waals surface area (Å²) < 4.78 is 10.7. The molecule has 0 atom stereocenters. The van der Waals surface area contributed by atoms with Crippen molar-refractivity contribution in [1.29, 1.82) is 0 Å². The van der Waals surface area contributed by atoms with Crippen molar-refractivity contribution in [1.82, 2.24) is 4.98 Å². The van der Waals surface area contributed by atoms with Crippen LogP contribution in [0.3, 0.4) is 0 Å². The molecule has 0 aliphatic heterocycles. The fourth-order valence-corrected chi connectivity index (χ4v) is 2.71. The number of aromatic carboxylic acids is 1. The number of aromatic nitrogens is 1. The SMILES string of the molecule is CCCc1nc(COc2cc(OC)ccc2C(=O)O)cs1. The Hall–Kier alpha value is -2.08. The number of carbonyl (C=O) groups is 1.